The molecule has 0 aliphatic heterocycles. The Hall–Kier alpha value is -0.530. The van der Waals surface area contributed by atoms with Crippen LogP contribution in [0.2, 0.25) is 5.02 Å². The van der Waals surface area contributed by atoms with Gasteiger partial charge in [-0.1, -0.05) is 30.7 Å². The number of hydrogen-bond donors (Lipinski definition) is 0. The van der Waals surface area contributed by atoms with Crippen molar-refractivity contribution in [1.29, 1.82) is 0 Å². The lowest BCUT2D eigenvalue weighted by molar-refractivity contribution is 0.255. The van der Waals surface area contributed by atoms with E-state index in [0.717, 1.165) is 17.5 Å². The summed E-state index contributed by atoms with van der Waals surface area (Å²) >= 11 is 5.89. The molecule has 1 aliphatic carbocycles. The second kappa shape index (κ2) is 5.70. The summed E-state index contributed by atoms with van der Waals surface area (Å²) in [5, 5.41) is 0.827. The van der Waals surface area contributed by atoms with Gasteiger partial charge in [0.05, 0.1) is 0 Å². The molecule has 0 bridgehead atoms. The largest absolute Gasteiger partial charge is 0.299 e. The first-order chi connectivity index (χ1) is 7.78. The molecule has 88 valence electrons. The van der Waals surface area contributed by atoms with Crippen molar-refractivity contribution in [1.82, 2.24) is 4.90 Å². The molecule has 1 fully saturated rings. The third-order valence-electron chi connectivity index (χ3n) is 3.07. The SMILES string of the molecule is CCCN(Cc1ccc(Cl)cc1)CC1CC1. The first kappa shape index (κ1) is 11.9. The van der Waals surface area contributed by atoms with Crippen LogP contribution in [0.15, 0.2) is 24.3 Å². The van der Waals surface area contributed by atoms with Crippen molar-refractivity contribution in [3.8, 4) is 0 Å². The predicted octanol–water partition coefficient (Wildman–Crippen LogP) is 3.96. The van der Waals surface area contributed by atoms with Gasteiger partial charge in [-0.2, -0.15) is 0 Å². The summed E-state index contributed by atoms with van der Waals surface area (Å²) in [4.78, 5) is 2.57. The van der Waals surface area contributed by atoms with Crippen molar-refractivity contribution >= 4 is 11.6 Å². The quantitative estimate of drug-likeness (QED) is 0.724. The molecule has 0 unspecified atom stereocenters. The number of halogens is 1. The number of rotatable bonds is 6. The summed E-state index contributed by atoms with van der Waals surface area (Å²) in [5.74, 6) is 0.971. The van der Waals surface area contributed by atoms with E-state index in [1.807, 2.05) is 12.1 Å². The molecular weight excluding hydrogens is 218 g/mol. The van der Waals surface area contributed by atoms with Gasteiger partial charge in [-0.3, -0.25) is 4.90 Å². The van der Waals surface area contributed by atoms with Crippen molar-refractivity contribution < 1.29 is 0 Å². The molecule has 2 heteroatoms. The number of benzene rings is 1. The third kappa shape index (κ3) is 3.80. The van der Waals surface area contributed by atoms with Crippen LogP contribution < -0.4 is 0 Å². The fourth-order valence-electron chi connectivity index (χ4n) is 2.06. The zero-order chi connectivity index (χ0) is 11.4. The molecule has 1 saturated carbocycles. The van der Waals surface area contributed by atoms with Gasteiger partial charge in [0.2, 0.25) is 0 Å². The van der Waals surface area contributed by atoms with Gasteiger partial charge < -0.3 is 0 Å². The summed E-state index contributed by atoms with van der Waals surface area (Å²) in [6, 6.07) is 8.24. The highest BCUT2D eigenvalue weighted by Gasteiger charge is 2.23. The first-order valence-electron chi connectivity index (χ1n) is 6.24. The standard InChI is InChI=1S/C14H20ClN/c1-2-9-16(10-12-3-4-12)11-13-5-7-14(15)8-6-13/h5-8,12H,2-4,9-11H2,1H3. The Morgan fingerprint density at radius 1 is 1.25 bits per heavy atom. The zero-order valence-corrected chi connectivity index (χ0v) is 10.7. The average molecular weight is 238 g/mol. The Morgan fingerprint density at radius 3 is 2.50 bits per heavy atom. The van der Waals surface area contributed by atoms with Crippen LogP contribution in [0.4, 0.5) is 0 Å². The summed E-state index contributed by atoms with van der Waals surface area (Å²) in [6.45, 7) is 5.80. The number of hydrogen-bond acceptors (Lipinski definition) is 1. The van der Waals surface area contributed by atoms with Crippen LogP contribution in [-0.4, -0.2) is 18.0 Å². The maximum absolute atomic E-state index is 5.89. The van der Waals surface area contributed by atoms with Crippen molar-refractivity contribution in [2.45, 2.75) is 32.7 Å². The van der Waals surface area contributed by atoms with Gasteiger partial charge in [-0.25, -0.2) is 0 Å². The Morgan fingerprint density at radius 2 is 1.94 bits per heavy atom. The van der Waals surface area contributed by atoms with E-state index in [9.17, 15) is 0 Å². The van der Waals surface area contributed by atoms with E-state index in [2.05, 4.69) is 24.0 Å². The Kier molecular flexibility index (Phi) is 4.25. The summed E-state index contributed by atoms with van der Waals surface area (Å²) in [7, 11) is 0. The van der Waals surface area contributed by atoms with Crippen LogP contribution in [-0.2, 0) is 6.54 Å². The summed E-state index contributed by atoms with van der Waals surface area (Å²) in [5.41, 5.74) is 1.37. The molecule has 0 radical (unpaired) electrons. The van der Waals surface area contributed by atoms with E-state index < -0.39 is 0 Å². The Bertz CT molecular complexity index is 316. The van der Waals surface area contributed by atoms with Gasteiger partial charge in [0.1, 0.15) is 0 Å². The van der Waals surface area contributed by atoms with Crippen LogP contribution in [0.25, 0.3) is 0 Å². The van der Waals surface area contributed by atoms with Crippen LogP contribution in [0, 0.1) is 5.92 Å². The van der Waals surface area contributed by atoms with E-state index in [0.29, 0.717) is 0 Å². The van der Waals surface area contributed by atoms with Crippen LogP contribution >= 0.6 is 11.6 Å². The second-order valence-corrected chi connectivity index (χ2v) is 5.24. The highest BCUT2D eigenvalue weighted by atomic mass is 35.5. The highest BCUT2D eigenvalue weighted by Crippen LogP contribution is 2.30. The van der Waals surface area contributed by atoms with Crippen molar-refractivity contribution in [3.05, 3.63) is 34.9 Å². The maximum Gasteiger partial charge on any atom is 0.0406 e. The van der Waals surface area contributed by atoms with Crippen molar-refractivity contribution in [3.63, 3.8) is 0 Å². The van der Waals surface area contributed by atoms with Gasteiger partial charge in [-0.05, 0) is 49.4 Å². The first-order valence-corrected chi connectivity index (χ1v) is 6.62. The maximum atomic E-state index is 5.89. The van der Waals surface area contributed by atoms with Crippen molar-refractivity contribution in [2.75, 3.05) is 13.1 Å². The van der Waals surface area contributed by atoms with Gasteiger partial charge in [0.15, 0.2) is 0 Å². The highest BCUT2D eigenvalue weighted by molar-refractivity contribution is 6.30. The fraction of sp³-hybridized carbons (Fsp3) is 0.571. The minimum Gasteiger partial charge on any atom is -0.299 e. The van der Waals surface area contributed by atoms with Gasteiger partial charge >= 0.3 is 0 Å². The minimum atomic E-state index is 0.827. The molecule has 1 aliphatic rings. The predicted molar refractivity (Wildman–Crippen MR) is 69.7 cm³/mol. The summed E-state index contributed by atoms with van der Waals surface area (Å²) < 4.78 is 0. The Balaban J connectivity index is 1.90. The van der Waals surface area contributed by atoms with Crippen LogP contribution in [0.5, 0.6) is 0 Å². The van der Waals surface area contributed by atoms with Gasteiger partial charge in [0, 0.05) is 18.1 Å². The lowest BCUT2D eigenvalue weighted by atomic mass is 10.2. The molecule has 1 aromatic carbocycles. The smallest absolute Gasteiger partial charge is 0.0406 e. The van der Waals surface area contributed by atoms with E-state index >= 15 is 0 Å². The molecule has 16 heavy (non-hydrogen) atoms. The summed E-state index contributed by atoms with van der Waals surface area (Å²) in [6.07, 6.45) is 4.10. The molecule has 1 nitrogen and oxygen atoms in total. The van der Waals surface area contributed by atoms with Crippen molar-refractivity contribution in [2.24, 2.45) is 5.92 Å². The molecule has 0 N–H and O–H groups in total. The monoisotopic (exact) mass is 237 g/mol. The van der Waals surface area contributed by atoms with E-state index in [1.165, 1.54) is 37.9 Å². The molecular formula is C14H20ClN. The molecule has 1 aromatic rings. The molecule has 0 spiro atoms. The zero-order valence-electron chi connectivity index (χ0n) is 9.95. The van der Waals surface area contributed by atoms with Crippen LogP contribution in [0.1, 0.15) is 31.7 Å². The average Bonchev–Trinajstić information content (AvgIpc) is 3.06. The fourth-order valence-corrected chi connectivity index (χ4v) is 2.19. The van der Waals surface area contributed by atoms with E-state index in [-0.39, 0.29) is 0 Å². The normalized spacial score (nSPS) is 15.7. The van der Waals surface area contributed by atoms with Gasteiger partial charge in [0.25, 0.3) is 0 Å². The van der Waals surface area contributed by atoms with Crippen LogP contribution in [0.3, 0.4) is 0 Å². The second-order valence-electron chi connectivity index (χ2n) is 4.80. The number of nitrogens with zero attached hydrogens (tertiary/aromatic N) is 1. The Labute approximate surface area is 103 Å². The van der Waals surface area contributed by atoms with E-state index in [1.54, 1.807) is 0 Å². The lowest BCUT2D eigenvalue weighted by Crippen LogP contribution is -2.26. The molecule has 0 atom stereocenters. The third-order valence-corrected chi connectivity index (χ3v) is 3.32. The van der Waals surface area contributed by atoms with E-state index in [4.69, 9.17) is 11.6 Å². The molecule has 0 heterocycles. The molecule has 0 aromatic heterocycles. The van der Waals surface area contributed by atoms with Gasteiger partial charge in [-0.15, -0.1) is 0 Å². The minimum absolute atomic E-state index is 0.827. The lowest BCUT2D eigenvalue weighted by Gasteiger charge is -2.21. The molecule has 0 amide bonds. The molecule has 0 saturated heterocycles. The molecule has 2 rings (SSSR count). The topological polar surface area (TPSA) is 3.24 Å².